The Labute approximate surface area is 77.0 Å². The number of nitrogens with two attached hydrogens (primary N) is 1. The highest BCUT2D eigenvalue weighted by molar-refractivity contribution is 5.14. The molecule has 1 aliphatic heterocycles. The van der Waals surface area contributed by atoms with Crippen LogP contribution in [-0.2, 0) is 10.3 Å². The fraction of sp³-hybridized carbons (Fsp3) is 0.667. The van der Waals surface area contributed by atoms with Gasteiger partial charge in [-0.3, -0.25) is 0 Å². The van der Waals surface area contributed by atoms with Gasteiger partial charge in [0.25, 0.3) is 0 Å². The van der Waals surface area contributed by atoms with Crippen molar-refractivity contribution in [1.29, 1.82) is 0 Å². The highest BCUT2D eigenvalue weighted by Crippen LogP contribution is 2.27. The predicted molar refractivity (Wildman–Crippen MR) is 47.2 cm³/mol. The van der Waals surface area contributed by atoms with Crippen molar-refractivity contribution < 1.29 is 9.26 Å². The van der Waals surface area contributed by atoms with Gasteiger partial charge in [-0.2, -0.15) is 0 Å². The van der Waals surface area contributed by atoms with Gasteiger partial charge < -0.3 is 15.0 Å². The number of ether oxygens (including phenoxy) is 1. The lowest BCUT2D eigenvalue weighted by Crippen LogP contribution is -2.44. The molecule has 0 aliphatic carbocycles. The summed E-state index contributed by atoms with van der Waals surface area (Å²) in [6.45, 7) is 3.22. The fourth-order valence-electron chi connectivity index (χ4n) is 1.61. The lowest BCUT2D eigenvalue weighted by atomic mass is 9.91. The molecule has 4 heteroatoms. The molecule has 0 saturated carbocycles. The van der Waals surface area contributed by atoms with Crippen LogP contribution < -0.4 is 5.73 Å². The number of nitrogens with zero attached hydrogens (tertiary/aromatic N) is 1. The molecule has 13 heavy (non-hydrogen) atoms. The molecule has 0 unspecified atom stereocenters. The molecule has 2 heterocycles. The third-order valence-electron chi connectivity index (χ3n) is 2.39. The Bertz CT molecular complexity index is 290. The first-order valence-electron chi connectivity index (χ1n) is 4.51. The van der Waals surface area contributed by atoms with Crippen molar-refractivity contribution in [3.05, 3.63) is 17.5 Å². The molecular weight excluding hydrogens is 168 g/mol. The van der Waals surface area contributed by atoms with Crippen molar-refractivity contribution in [2.24, 2.45) is 5.73 Å². The summed E-state index contributed by atoms with van der Waals surface area (Å²) < 4.78 is 10.5. The van der Waals surface area contributed by atoms with Gasteiger partial charge in [-0.05, 0) is 19.8 Å². The molecule has 1 saturated heterocycles. The second kappa shape index (κ2) is 3.12. The predicted octanol–water partition coefficient (Wildman–Crippen LogP) is 0.947. The second-order valence-corrected chi connectivity index (χ2v) is 3.64. The molecule has 0 aromatic carbocycles. The number of aromatic nitrogens is 1. The van der Waals surface area contributed by atoms with E-state index in [0.717, 1.165) is 30.9 Å². The van der Waals surface area contributed by atoms with Crippen LogP contribution in [0.2, 0.25) is 0 Å². The molecule has 2 N–H and O–H groups in total. The molecule has 0 radical (unpaired) electrons. The summed E-state index contributed by atoms with van der Waals surface area (Å²) in [5.74, 6) is 0.740. The van der Waals surface area contributed by atoms with Gasteiger partial charge in [-0.15, -0.1) is 0 Å². The van der Waals surface area contributed by atoms with Crippen molar-refractivity contribution >= 4 is 0 Å². The summed E-state index contributed by atoms with van der Waals surface area (Å²) in [6, 6.07) is 1.88. The van der Waals surface area contributed by atoms with Gasteiger partial charge in [0, 0.05) is 12.7 Å². The van der Waals surface area contributed by atoms with E-state index in [1.807, 2.05) is 13.0 Å². The van der Waals surface area contributed by atoms with Crippen molar-refractivity contribution in [3.8, 4) is 0 Å². The Balaban J connectivity index is 2.22. The summed E-state index contributed by atoms with van der Waals surface area (Å²) in [5, 5.41) is 3.83. The molecule has 1 atom stereocenters. The minimum atomic E-state index is -0.459. The quantitative estimate of drug-likeness (QED) is 0.702. The van der Waals surface area contributed by atoms with Crippen LogP contribution in [0.1, 0.15) is 24.3 Å². The summed E-state index contributed by atoms with van der Waals surface area (Å²) >= 11 is 0. The van der Waals surface area contributed by atoms with Crippen LogP contribution in [0.15, 0.2) is 10.6 Å². The Kier molecular flexibility index (Phi) is 2.09. The van der Waals surface area contributed by atoms with Gasteiger partial charge in [0.2, 0.25) is 0 Å². The third kappa shape index (κ3) is 1.59. The molecule has 4 nitrogen and oxygen atoms in total. The number of aryl methyl sites for hydroxylation is 1. The maximum absolute atomic E-state index is 6.13. The molecule has 1 aromatic heterocycles. The van der Waals surface area contributed by atoms with E-state index in [0.29, 0.717) is 6.61 Å². The normalized spacial score (nSPS) is 29.1. The fourth-order valence-corrected chi connectivity index (χ4v) is 1.61. The number of hydrogen-bond donors (Lipinski definition) is 1. The average Bonchev–Trinajstić information content (AvgIpc) is 2.54. The van der Waals surface area contributed by atoms with Gasteiger partial charge in [0.1, 0.15) is 5.54 Å². The number of hydrogen-bond acceptors (Lipinski definition) is 4. The Morgan fingerprint density at radius 3 is 3.00 bits per heavy atom. The van der Waals surface area contributed by atoms with E-state index in [1.54, 1.807) is 0 Å². The van der Waals surface area contributed by atoms with E-state index >= 15 is 0 Å². The van der Waals surface area contributed by atoms with Crippen LogP contribution in [0.5, 0.6) is 0 Å². The molecule has 2 rings (SSSR count). The van der Waals surface area contributed by atoms with Crippen LogP contribution in [0.25, 0.3) is 0 Å². The Morgan fingerprint density at radius 2 is 2.46 bits per heavy atom. The Hall–Kier alpha value is -0.870. The zero-order chi connectivity index (χ0) is 9.31. The average molecular weight is 182 g/mol. The second-order valence-electron chi connectivity index (χ2n) is 3.64. The van der Waals surface area contributed by atoms with Crippen LogP contribution in [0.3, 0.4) is 0 Å². The van der Waals surface area contributed by atoms with Crippen molar-refractivity contribution in [2.45, 2.75) is 25.3 Å². The molecule has 1 aliphatic rings. The van der Waals surface area contributed by atoms with Crippen molar-refractivity contribution in [3.63, 3.8) is 0 Å². The molecule has 0 spiro atoms. The van der Waals surface area contributed by atoms with Crippen LogP contribution in [-0.4, -0.2) is 18.4 Å². The van der Waals surface area contributed by atoms with Crippen LogP contribution in [0, 0.1) is 6.92 Å². The summed E-state index contributed by atoms with van der Waals surface area (Å²) in [7, 11) is 0. The molecule has 0 bridgehead atoms. The summed E-state index contributed by atoms with van der Waals surface area (Å²) in [4.78, 5) is 0. The minimum absolute atomic E-state index is 0.459. The zero-order valence-corrected chi connectivity index (χ0v) is 7.75. The van der Waals surface area contributed by atoms with Gasteiger partial charge in [-0.25, -0.2) is 0 Å². The van der Waals surface area contributed by atoms with Gasteiger partial charge >= 0.3 is 0 Å². The van der Waals surface area contributed by atoms with E-state index in [4.69, 9.17) is 15.0 Å². The molecule has 1 fully saturated rings. The topological polar surface area (TPSA) is 61.3 Å². The first-order chi connectivity index (χ1) is 6.21. The van der Waals surface area contributed by atoms with E-state index in [9.17, 15) is 0 Å². The first kappa shape index (κ1) is 8.72. The maximum atomic E-state index is 6.13. The molecule has 72 valence electrons. The summed E-state index contributed by atoms with van der Waals surface area (Å²) in [5.41, 5.74) is 6.54. The van der Waals surface area contributed by atoms with Gasteiger partial charge in [0.05, 0.1) is 12.3 Å². The number of rotatable bonds is 1. The molecular formula is C9H14N2O2. The zero-order valence-electron chi connectivity index (χ0n) is 7.75. The standard InChI is InChI=1S/C9H14N2O2/c1-7-5-8(13-11-7)9(10)3-2-4-12-6-9/h5H,2-4,6,10H2,1H3/t9-/m1/s1. The van der Waals surface area contributed by atoms with Gasteiger partial charge in [-0.1, -0.05) is 5.16 Å². The third-order valence-corrected chi connectivity index (χ3v) is 2.39. The smallest absolute Gasteiger partial charge is 0.159 e. The van der Waals surface area contributed by atoms with E-state index in [1.165, 1.54) is 0 Å². The minimum Gasteiger partial charge on any atom is -0.379 e. The van der Waals surface area contributed by atoms with E-state index in [2.05, 4.69) is 5.16 Å². The Morgan fingerprint density at radius 1 is 1.62 bits per heavy atom. The van der Waals surface area contributed by atoms with Crippen LogP contribution in [0.4, 0.5) is 0 Å². The maximum Gasteiger partial charge on any atom is 0.159 e. The van der Waals surface area contributed by atoms with E-state index < -0.39 is 5.54 Å². The lowest BCUT2D eigenvalue weighted by molar-refractivity contribution is 0.0249. The van der Waals surface area contributed by atoms with Crippen molar-refractivity contribution in [1.82, 2.24) is 5.16 Å². The highest BCUT2D eigenvalue weighted by atomic mass is 16.5. The van der Waals surface area contributed by atoms with E-state index in [-0.39, 0.29) is 0 Å². The largest absolute Gasteiger partial charge is 0.379 e. The molecule has 0 amide bonds. The van der Waals surface area contributed by atoms with Crippen LogP contribution >= 0.6 is 0 Å². The van der Waals surface area contributed by atoms with Gasteiger partial charge in [0.15, 0.2) is 5.76 Å². The lowest BCUT2D eigenvalue weighted by Gasteiger charge is -2.30. The summed E-state index contributed by atoms with van der Waals surface area (Å²) in [6.07, 6.45) is 1.89. The van der Waals surface area contributed by atoms with Crippen molar-refractivity contribution in [2.75, 3.05) is 13.2 Å². The first-order valence-corrected chi connectivity index (χ1v) is 4.51. The molecule has 1 aromatic rings. The highest BCUT2D eigenvalue weighted by Gasteiger charge is 2.34. The monoisotopic (exact) mass is 182 g/mol. The SMILES string of the molecule is Cc1cc([C@@]2(N)CCCOC2)on1.